The molecule has 3 atom stereocenters. The maximum absolute atomic E-state index is 12.0. The molecule has 1 amide bonds. The van der Waals surface area contributed by atoms with Crippen molar-refractivity contribution in [3.8, 4) is 0 Å². The summed E-state index contributed by atoms with van der Waals surface area (Å²) in [6.45, 7) is 9.69. The van der Waals surface area contributed by atoms with Gasteiger partial charge in [-0.05, 0) is 25.7 Å². The monoisotopic (exact) mass is 258 g/mol. The highest BCUT2D eigenvalue weighted by molar-refractivity contribution is 5.80. The molecule has 0 saturated heterocycles. The molecule has 0 radical (unpaired) electrons. The van der Waals surface area contributed by atoms with Gasteiger partial charge in [0.1, 0.15) is 0 Å². The van der Waals surface area contributed by atoms with Gasteiger partial charge >= 0.3 is 5.97 Å². The van der Waals surface area contributed by atoms with Crippen molar-refractivity contribution in [2.75, 3.05) is 6.54 Å². The van der Waals surface area contributed by atoms with Crippen LogP contribution in [0.15, 0.2) is 0 Å². The quantitative estimate of drug-likeness (QED) is 0.668. The number of carbonyl (C=O) groups excluding carboxylic acids is 1. The first-order valence-electron chi connectivity index (χ1n) is 6.31. The van der Waals surface area contributed by atoms with Crippen LogP contribution < -0.4 is 11.1 Å². The van der Waals surface area contributed by atoms with Gasteiger partial charge < -0.3 is 16.2 Å². The zero-order chi connectivity index (χ0) is 14.5. The summed E-state index contributed by atoms with van der Waals surface area (Å²) >= 11 is 0. The molecule has 0 aromatic carbocycles. The lowest BCUT2D eigenvalue weighted by Gasteiger charge is -2.26. The van der Waals surface area contributed by atoms with E-state index in [1.54, 1.807) is 13.8 Å². The normalized spacial score (nSPS) is 16.8. The number of carboxylic acids is 1. The number of hydrogen-bond donors (Lipinski definition) is 3. The third-order valence-electron chi connectivity index (χ3n) is 3.02. The molecular formula is C13H26N2O3. The maximum Gasteiger partial charge on any atom is 0.308 e. The van der Waals surface area contributed by atoms with Crippen molar-refractivity contribution in [3.63, 3.8) is 0 Å². The molecule has 106 valence electrons. The minimum Gasteiger partial charge on any atom is -0.481 e. The second-order valence-corrected chi connectivity index (χ2v) is 6.12. The first-order chi connectivity index (χ1) is 8.08. The second kappa shape index (κ2) is 6.73. The van der Waals surface area contributed by atoms with E-state index in [1.165, 1.54) is 0 Å². The molecular weight excluding hydrogens is 232 g/mol. The first-order valence-corrected chi connectivity index (χ1v) is 6.31. The summed E-state index contributed by atoms with van der Waals surface area (Å²) in [7, 11) is 0. The highest BCUT2D eigenvalue weighted by atomic mass is 16.4. The van der Waals surface area contributed by atoms with Gasteiger partial charge in [-0.15, -0.1) is 0 Å². The van der Waals surface area contributed by atoms with Crippen LogP contribution >= 0.6 is 0 Å². The van der Waals surface area contributed by atoms with Crippen molar-refractivity contribution in [2.45, 2.75) is 47.1 Å². The summed E-state index contributed by atoms with van der Waals surface area (Å²) in [6, 6.07) is -0.399. The van der Waals surface area contributed by atoms with Crippen LogP contribution in [0.25, 0.3) is 0 Å². The molecule has 0 aliphatic carbocycles. The summed E-state index contributed by atoms with van der Waals surface area (Å²) < 4.78 is 0. The molecule has 0 fully saturated rings. The number of carbonyl (C=O) groups is 2. The number of amides is 1. The largest absolute Gasteiger partial charge is 0.481 e. The molecule has 0 heterocycles. The summed E-state index contributed by atoms with van der Waals surface area (Å²) in [5, 5.41) is 11.6. The van der Waals surface area contributed by atoms with Gasteiger partial charge in [0.05, 0.1) is 11.8 Å². The van der Waals surface area contributed by atoms with Gasteiger partial charge in [-0.2, -0.15) is 0 Å². The van der Waals surface area contributed by atoms with Gasteiger partial charge in [0.2, 0.25) is 5.91 Å². The van der Waals surface area contributed by atoms with Crippen LogP contribution in [0, 0.1) is 17.3 Å². The van der Waals surface area contributed by atoms with E-state index in [1.807, 2.05) is 20.8 Å². The van der Waals surface area contributed by atoms with E-state index >= 15 is 0 Å². The second-order valence-electron chi connectivity index (χ2n) is 6.12. The Morgan fingerprint density at radius 3 is 2.11 bits per heavy atom. The third kappa shape index (κ3) is 6.00. The van der Waals surface area contributed by atoms with E-state index in [2.05, 4.69) is 5.32 Å². The molecule has 0 aliphatic heterocycles. The Kier molecular flexibility index (Phi) is 6.32. The van der Waals surface area contributed by atoms with Crippen LogP contribution in [0.5, 0.6) is 0 Å². The highest BCUT2D eigenvalue weighted by Gasteiger charge is 2.27. The molecule has 5 nitrogen and oxygen atoms in total. The van der Waals surface area contributed by atoms with Gasteiger partial charge in [-0.25, -0.2) is 0 Å². The van der Waals surface area contributed by atoms with Crippen molar-refractivity contribution in [3.05, 3.63) is 0 Å². The van der Waals surface area contributed by atoms with E-state index in [-0.39, 0.29) is 23.8 Å². The van der Waals surface area contributed by atoms with Crippen LogP contribution in [0.2, 0.25) is 0 Å². The van der Waals surface area contributed by atoms with E-state index in [9.17, 15) is 9.59 Å². The van der Waals surface area contributed by atoms with Crippen molar-refractivity contribution < 1.29 is 14.7 Å². The lowest BCUT2D eigenvalue weighted by atomic mass is 9.84. The fraction of sp³-hybridized carbons (Fsp3) is 0.846. The number of aliphatic carboxylic acids is 1. The topological polar surface area (TPSA) is 92.4 Å². The SMILES string of the molecule is CC(NC(=O)C(CN)CC(C)(C)C)C(C)C(=O)O. The zero-order valence-corrected chi connectivity index (χ0v) is 12.0. The van der Waals surface area contributed by atoms with Crippen LogP contribution in [0.4, 0.5) is 0 Å². The Morgan fingerprint density at radius 2 is 1.78 bits per heavy atom. The molecule has 0 aliphatic rings. The fourth-order valence-electron chi connectivity index (χ4n) is 1.70. The van der Waals surface area contributed by atoms with E-state index in [0.29, 0.717) is 6.42 Å². The molecule has 0 saturated carbocycles. The van der Waals surface area contributed by atoms with Crippen LogP contribution in [-0.4, -0.2) is 29.6 Å². The lowest BCUT2D eigenvalue weighted by molar-refractivity contribution is -0.142. The van der Waals surface area contributed by atoms with Gasteiger partial charge in [0, 0.05) is 12.6 Å². The Bertz CT molecular complexity index is 297. The van der Waals surface area contributed by atoms with Crippen LogP contribution in [0.3, 0.4) is 0 Å². The van der Waals surface area contributed by atoms with Gasteiger partial charge in [-0.3, -0.25) is 9.59 Å². The Morgan fingerprint density at radius 1 is 1.28 bits per heavy atom. The Labute approximate surface area is 109 Å². The zero-order valence-electron chi connectivity index (χ0n) is 12.0. The van der Waals surface area contributed by atoms with Gasteiger partial charge in [0.15, 0.2) is 0 Å². The summed E-state index contributed by atoms with van der Waals surface area (Å²) in [5.41, 5.74) is 5.63. The molecule has 0 rings (SSSR count). The highest BCUT2D eigenvalue weighted by Crippen LogP contribution is 2.24. The van der Waals surface area contributed by atoms with E-state index in [0.717, 1.165) is 0 Å². The third-order valence-corrected chi connectivity index (χ3v) is 3.02. The van der Waals surface area contributed by atoms with Gasteiger partial charge in [0.25, 0.3) is 0 Å². The molecule has 18 heavy (non-hydrogen) atoms. The fourth-order valence-corrected chi connectivity index (χ4v) is 1.70. The van der Waals surface area contributed by atoms with Crippen molar-refractivity contribution in [1.82, 2.24) is 5.32 Å². The summed E-state index contributed by atoms with van der Waals surface area (Å²) in [6.07, 6.45) is 0.684. The summed E-state index contributed by atoms with van der Waals surface area (Å²) in [5.74, 6) is -1.95. The average Bonchev–Trinajstić information content (AvgIpc) is 2.22. The smallest absolute Gasteiger partial charge is 0.308 e. The van der Waals surface area contributed by atoms with Gasteiger partial charge in [-0.1, -0.05) is 20.8 Å². The molecule has 3 unspecified atom stereocenters. The molecule has 0 aromatic heterocycles. The number of hydrogen-bond acceptors (Lipinski definition) is 3. The standard InChI is InChI=1S/C13H26N2O3/c1-8(12(17)18)9(2)15-11(16)10(7-14)6-13(3,4)5/h8-10H,6-7,14H2,1-5H3,(H,15,16)(H,17,18). The minimum absolute atomic E-state index is 0.0169. The predicted molar refractivity (Wildman–Crippen MR) is 71.0 cm³/mol. The average molecular weight is 258 g/mol. The number of nitrogens with two attached hydrogens (primary N) is 1. The van der Waals surface area contributed by atoms with Crippen molar-refractivity contribution >= 4 is 11.9 Å². The molecule has 0 bridgehead atoms. The molecule has 5 heteroatoms. The number of rotatable bonds is 6. The van der Waals surface area contributed by atoms with E-state index in [4.69, 9.17) is 10.8 Å². The van der Waals surface area contributed by atoms with Crippen molar-refractivity contribution in [2.24, 2.45) is 23.0 Å². The van der Waals surface area contributed by atoms with E-state index < -0.39 is 17.9 Å². The Balaban J connectivity index is 4.49. The summed E-state index contributed by atoms with van der Waals surface area (Å²) in [4.78, 5) is 22.8. The predicted octanol–water partition coefficient (Wildman–Crippen LogP) is 1.22. The van der Waals surface area contributed by atoms with Crippen LogP contribution in [-0.2, 0) is 9.59 Å². The van der Waals surface area contributed by atoms with Crippen LogP contribution in [0.1, 0.15) is 41.0 Å². The van der Waals surface area contributed by atoms with Crippen molar-refractivity contribution in [1.29, 1.82) is 0 Å². The number of nitrogens with one attached hydrogen (secondary N) is 1. The lowest BCUT2D eigenvalue weighted by Crippen LogP contribution is -2.45. The first kappa shape index (κ1) is 16.9. The maximum atomic E-state index is 12.0. The molecule has 4 N–H and O–H groups in total. The molecule has 0 spiro atoms. The minimum atomic E-state index is -0.914. The molecule has 0 aromatic rings. The number of carboxylic acid groups (broad SMARTS) is 1. The Hall–Kier alpha value is -1.10.